The molecule has 0 saturated carbocycles. The average Bonchev–Trinajstić information content (AvgIpc) is 2.48. The Morgan fingerprint density at radius 1 is 1.10 bits per heavy atom. The summed E-state index contributed by atoms with van der Waals surface area (Å²) >= 11 is 3.31. The van der Waals surface area contributed by atoms with Crippen LogP contribution in [0.1, 0.15) is 0 Å². The first-order valence-electron chi connectivity index (χ1n) is 6.30. The standard InChI is InChI=1S/C15H14BrF2NO2/c16-10-1-4-13(5-2-10)21-9-12(20)8-19-11-3-6-14(17)15(18)7-11/h1-7,12,19-20H,8-9H2. The third kappa shape index (κ3) is 4.99. The van der Waals surface area contributed by atoms with Crippen molar-refractivity contribution in [1.82, 2.24) is 0 Å². The quantitative estimate of drug-likeness (QED) is 0.830. The van der Waals surface area contributed by atoms with Crippen LogP contribution in [0.5, 0.6) is 5.75 Å². The van der Waals surface area contributed by atoms with Gasteiger partial charge in [0.05, 0.1) is 0 Å². The Kier molecular flexibility index (Phi) is 5.52. The molecule has 0 saturated heterocycles. The maximum Gasteiger partial charge on any atom is 0.160 e. The van der Waals surface area contributed by atoms with Crippen LogP contribution in [0, 0.1) is 11.6 Å². The fourth-order valence-corrected chi connectivity index (χ4v) is 1.89. The van der Waals surface area contributed by atoms with Gasteiger partial charge >= 0.3 is 0 Å². The van der Waals surface area contributed by atoms with Gasteiger partial charge in [0.1, 0.15) is 18.5 Å². The SMILES string of the molecule is OC(CNc1ccc(F)c(F)c1)COc1ccc(Br)cc1. The Labute approximate surface area is 129 Å². The van der Waals surface area contributed by atoms with Crippen LogP contribution in [0.25, 0.3) is 0 Å². The summed E-state index contributed by atoms with van der Waals surface area (Å²) in [6, 6.07) is 10.7. The number of ether oxygens (including phenoxy) is 1. The molecule has 1 atom stereocenters. The molecule has 6 heteroatoms. The van der Waals surface area contributed by atoms with Crippen LogP contribution in [0.4, 0.5) is 14.5 Å². The first-order chi connectivity index (χ1) is 10.0. The molecule has 0 fully saturated rings. The molecule has 0 spiro atoms. The van der Waals surface area contributed by atoms with Crippen molar-refractivity contribution < 1.29 is 18.6 Å². The number of hydrogen-bond acceptors (Lipinski definition) is 3. The molecule has 0 aliphatic heterocycles. The largest absolute Gasteiger partial charge is 0.491 e. The second-order valence-corrected chi connectivity index (χ2v) is 5.34. The molecule has 0 aliphatic rings. The molecule has 2 aromatic rings. The van der Waals surface area contributed by atoms with E-state index in [0.29, 0.717) is 11.4 Å². The molecule has 1 unspecified atom stereocenters. The van der Waals surface area contributed by atoms with Gasteiger partial charge in [0.15, 0.2) is 11.6 Å². The molecule has 112 valence electrons. The van der Waals surface area contributed by atoms with Crippen LogP contribution < -0.4 is 10.1 Å². The first kappa shape index (κ1) is 15.7. The predicted octanol–water partition coefficient (Wildman–Crippen LogP) is 3.58. The molecule has 0 aromatic heterocycles. The Balaban J connectivity index is 1.77. The van der Waals surface area contributed by atoms with E-state index in [2.05, 4.69) is 21.2 Å². The smallest absolute Gasteiger partial charge is 0.160 e. The van der Waals surface area contributed by atoms with Crippen molar-refractivity contribution in [3.63, 3.8) is 0 Å². The van der Waals surface area contributed by atoms with E-state index in [0.717, 1.165) is 16.6 Å². The van der Waals surface area contributed by atoms with Crippen LogP contribution in [0.2, 0.25) is 0 Å². The summed E-state index contributed by atoms with van der Waals surface area (Å²) in [7, 11) is 0. The van der Waals surface area contributed by atoms with E-state index < -0.39 is 17.7 Å². The van der Waals surface area contributed by atoms with Crippen molar-refractivity contribution in [3.05, 3.63) is 58.6 Å². The molecule has 2 rings (SSSR count). The molecule has 2 aromatic carbocycles. The lowest BCUT2D eigenvalue weighted by molar-refractivity contribution is 0.117. The lowest BCUT2D eigenvalue weighted by atomic mass is 10.3. The van der Waals surface area contributed by atoms with Crippen LogP contribution >= 0.6 is 15.9 Å². The highest BCUT2D eigenvalue weighted by atomic mass is 79.9. The topological polar surface area (TPSA) is 41.5 Å². The normalized spacial score (nSPS) is 12.0. The minimum absolute atomic E-state index is 0.0955. The van der Waals surface area contributed by atoms with Crippen molar-refractivity contribution in [2.24, 2.45) is 0 Å². The van der Waals surface area contributed by atoms with E-state index in [1.54, 1.807) is 12.1 Å². The van der Waals surface area contributed by atoms with E-state index in [-0.39, 0.29) is 13.2 Å². The third-order valence-electron chi connectivity index (χ3n) is 2.72. The van der Waals surface area contributed by atoms with Crippen LogP contribution in [-0.2, 0) is 0 Å². The van der Waals surface area contributed by atoms with E-state index in [9.17, 15) is 13.9 Å². The van der Waals surface area contributed by atoms with Gasteiger partial charge in [-0.05, 0) is 36.4 Å². The van der Waals surface area contributed by atoms with E-state index >= 15 is 0 Å². The summed E-state index contributed by atoms with van der Waals surface area (Å²) in [6.45, 7) is 0.264. The van der Waals surface area contributed by atoms with Crippen molar-refractivity contribution in [2.45, 2.75) is 6.10 Å². The lowest BCUT2D eigenvalue weighted by Gasteiger charge is -2.14. The summed E-state index contributed by atoms with van der Waals surface area (Å²) in [6.07, 6.45) is -0.776. The maximum absolute atomic E-state index is 13.0. The zero-order valence-electron chi connectivity index (χ0n) is 11.0. The molecule has 0 bridgehead atoms. The second kappa shape index (κ2) is 7.38. The number of hydrogen-bond donors (Lipinski definition) is 2. The van der Waals surface area contributed by atoms with Crippen LogP contribution in [0.3, 0.4) is 0 Å². The lowest BCUT2D eigenvalue weighted by Crippen LogP contribution is -2.26. The molecular weight excluding hydrogens is 344 g/mol. The van der Waals surface area contributed by atoms with E-state index in [1.165, 1.54) is 6.07 Å². The fourth-order valence-electron chi connectivity index (χ4n) is 1.62. The molecule has 21 heavy (non-hydrogen) atoms. The predicted molar refractivity (Wildman–Crippen MR) is 80.5 cm³/mol. The van der Waals surface area contributed by atoms with Gasteiger partial charge in [0.25, 0.3) is 0 Å². The van der Waals surface area contributed by atoms with Gasteiger partial charge in [0.2, 0.25) is 0 Å². The summed E-state index contributed by atoms with van der Waals surface area (Å²) < 4.78 is 32.1. The molecule has 3 nitrogen and oxygen atoms in total. The summed E-state index contributed by atoms with van der Waals surface area (Å²) in [4.78, 5) is 0. The number of nitrogens with one attached hydrogen (secondary N) is 1. The fraction of sp³-hybridized carbons (Fsp3) is 0.200. The first-order valence-corrected chi connectivity index (χ1v) is 7.09. The van der Waals surface area contributed by atoms with Gasteiger partial charge in [-0.3, -0.25) is 0 Å². The summed E-state index contributed by atoms with van der Waals surface area (Å²) in [5.41, 5.74) is 0.400. The minimum Gasteiger partial charge on any atom is -0.491 e. The van der Waals surface area contributed by atoms with Gasteiger partial charge in [-0.15, -0.1) is 0 Å². The molecule has 2 N–H and O–H groups in total. The highest BCUT2D eigenvalue weighted by Gasteiger charge is 2.07. The maximum atomic E-state index is 13.0. The number of halogens is 3. The Bertz CT molecular complexity index is 593. The number of aliphatic hydroxyl groups excluding tert-OH is 1. The monoisotopic (exact) mass is 357 g/mol. The van der Waals surface area contributed by atoms with Crippen LogP contribution in [-0.4, -0.2) is 24.4 Å². The van der Waals surface area contributed by atoms with Gasteiger partial charge in [0, 0.05) is 22.8 Å². The summed E-state index contributed by atoms with van der Waals surface area (Å²) in [5.74, 6) is -1.19. The highest BCUT2D eigenvalue weighted by molar-refractivity contribution is 9.10. The molecule has 0 aliphatic carbocycles. The zero-order valence-corrected chi connectivity index (χ0v) is 12.6. The second-order valence-electron chi connectivity index (χ2n) is 4.43. The number of aliphatic hydroxyl groups is 1. The number of anilines is 1. The zero-order chi connectivity index (χ0) is 15.2. The van der Waals surface area contributed by atoms with Crippen molar-refractivity contribution >= 4 is 21.6 Å². The average molecular weight is 358 g/mol. The summed E-state index contributed by atoms with van der Waals surface area (Å²) in [5, 5.41) is 12.6. The number of rotatable bonds is 6. The van der Waals surface area contributed by atoms with E-state index in [4.69, 9.17) is 4.74 Å². The van der Waals surface area contributed by atoms with Gasteiger partial charge in [-0.2, -0.15) is 0 Å². The number of benzene rings is 2. The van der Waals surface area contributed by atoms with E-state index in [1.807, 2.05) is 12.1 Å². The molecule has 0 radical (unpaired) electrons. The Morgan fingerprint density at radius 3 is 2.48 bits per heavy atom. The minimum atomic E-state index is -0.930. The van der Waals surface area contributed by atoms with Crippen molar-refractivity contribution in [3.8, 4) is 5.75 Å². The Hall–Kier alpha value is -1.66. The van der Waals surface area contributed by atoms with Gasteiger partial charge in [-0.1, -0.05) is 15.9 Å². The van der Waals surface area contributed by atoms with Crippen molar-refractivity contribution in [2.75, 3.05) is 18.5 Å². The Morgan fingerprint density at radius 2 is 1.81 bits per heavy atom. The molecular formula is C15H14BrF2NO2. The van der Waals surface area contributed by atoms with Gasteiger partial charge < -0.3 is 15.2 Å². The molecule has 0 amide bonds. The van der Waals surface area contributed by atoms with Crippen LogP contribution in [0.15, 0.2) is 46.9 Å². The van der Waals surface area contributed by atoms with Crippen molar-refractivity contribution in [1.29, 1.82) is 0 Å². The third-order valence-corrected chi connectivity index (χ3v) is 3.25. The highest BCUT2D eigenvalue weighted by Crippen LogP contribution is 2.16. The molecule has 0 heterocycles. The van der Waals surface area contributed by atoms with Gasteiger partial charge in [-0.25, -0.2) is 8.78 Å².